The molecule has 0 aliphatic carbocycles. The molecule has 0 bridgehead atoms. The van der Waals surface area contributed by atoms with E-state index in [0.717, 1.165) is 11.1 Å². The van der Waals surface area contributed by atoms with Crippen molar-refractivity contribution in [2.45, 2.75) is 46.3 Å². The standard InChI is InChI=1S/C28H32O4Si/c1-21-16-17-24(32-27(30)22(2)19-29)18-23(21)20-31-33(28(3,4)5,25-12-8-6-9-13-25)26-14-10-7-11-15-26/h6-19,22H,20H2,1-5H3. The Hall–Kier alpha value is -3.02. The van der Waals surface area contributed by atoms with Gasteiger partial charge >= 0.3 is 5.97 Å². The van der Waals surface area contributed by atoms with Crippen molar-refractivity contribution in [1.29, 1.82) is 0 Å². The van der Waals surface area contributed by atoms with Gasteiger partial charge < -0.3 is 14.0 Å². The van der Waals surface area contributed by atoms with Crippen molar-refractivity contribution in [1.82, 2.24) is 0 Å². The summed E-state index contributed by atoms with van der Waals surface area (Å²) in [5, 5.41) is 2.29. The monoisotopic (exact) mass is 460 g/mol. The van der Waals surface area contributed by atoms with Crippen LogP contribution in [-0.2, 0) is 20.6 Å². The first-order chi connectivity index (χ1) is 15.7. The molecule has 0 aliphatic heterocycles. The van der Waals surface area contributed by atoms with Crippen LogP contribution in [0.1, 0.15) is 38.8 Å². The van der Waals surface area contributed by atoms with Crippen LogP contribution in [-0.4, -0.2) is 20.6 Å². The van der Waals surface area contributed by atoms with Gasteiger partial charge in [0.05, 0.1) is 6.61 Å². The minimum atomic E-state index is -2.68. The fraction of sp³-hybridized carbons (Fsp3) is 0.286. The second-order valence-electron chi connectivity index (χ2n) is 9.39. The summed E-state index contributed by atoms with van der Waals surface area (Å²) in [7, 11) is -2.68. The van der Waals surface area contributed by atoms with Crippen molar-refractivity contribution in [2.75, 3.05) is 0 Å². The fourth-order valence-electron chi connectivity index (χ4n) is 4.08. The molecule has 3 aromatic rings. The number of hydrogen-bond acceptors (Lipinski definition) is 4. The zero-order chi connectivity index (χ0) is 24.1. The normalized spacial score (nSPS) is 12.8. The van der Waals surface area contributed by atoms with Gasteiger partial charge in [-0.1, -0.05) is 87.5 Å². The summed E-state index contributed by atoms with van der Waals surface area (Å²) in [6.07, 6.45) is 0.587. The van der Waals surface area contributed by atoms with Gasteiger partial charge in [-0.25, -0.2) is 0 Å². The van der Waals surface area contributed by atoms with E-state index >= 15 is 0 Å². The molecule has 0 spiro atoms. The minimum absolute atomic E-state index is 0.132. The largest absolute Gasteiger partial charge is 0.426 e. The Morgan fingerprint density at radius 3 is 1.97 bits per heavy atom. The van der Waals surface area contributed by atoms with Gasteiger partial charge in [0.15, 0.2) is 0 Å². The SMILES string of the molecule is Cc1ccc(OC(=O)C(C)C=O)cc1CO[Si](c1ccccc1)(c1ccccc1)C(C)(C)C. The molecule has 0 N–H and O–H groups in total. The van der Waals surface area contributed by atoms with Gasteiger partial charge in [-0.2, -0.15) is 0 Å². The Morgan fingerprint density at radius 1 is 0.939 bits per heavy atom. The summed E-state index contributed by atoms with van der Waals surface area (Å²) < 4.78 is 12.4. The van der Waals surface area contributed by atoms with Crippen molar-refractivity contribution in [3.05, 3.63) is 90.0 Å². The number of carbonyl (C=O) groups is 2. The number of esters is 1. The number of hydrogen-bond donors (Lipinski definition) is 0. The van der Waals surface area contributed by atoms with Crippen molar-refractivity contribution < 1.29 is 18.8 Å². The third kappa shape index (κ3) is 5.32. The molecule has 0 radical (unpaired) electrons. The van der Waals surface area contributed by atoms with E-state index in [0.29, 0.717) is 18.6 Å². The molecule has 4 nitrogen and oxygen atoms in total. The summed E-state index contributed by atoms with van der Waals surface area (Å²) in [4.78, 5) is 23.0. The van der Waals surface area contributed by atoms with E-state index in [-0.39, 0.29) is 5.04 Å². The number of benzene rings is 3. The number of aryl methyl sites for hydroxylation is 1. The molecule has 3 aromatic carbocycles. The maximum absolute atomic E-state index is 12.1. The lowest BCUT2D eigenvalue weighted by molar-refractivity contribution is -0.140. The van der Waals surface area contributed by atoms with E-state index in [1.807, 2.05) is 31.2 Å². The molecule has 0 aromatic heterocycles. The maximum atomic E-state index is 12.1. The lowest BCUT2D eigenvalue weighted by Crippen LogP contribution is -2.66. The Morgan fingerprint density at radius 2 is 1.48 bits per heavy atom. The Kier molecular flexibility index (Phi) is 7.67. The number of rotatable bonds is 8. The summed E-state index contributed by atoms with van der Waals surface area (Å²) in [5.41, 5.74) is 2.00. The minimum Gasteiger partial charge on any atom is -0.426 e. The molecular weight excluding hydrogens is 428 g/mol. The van der Waals surface area contributed by atoms with Gasteiger partial charge in [0, 0.05) is 0 Å². The van der Waals surface area contributed by atoms with E-state index in [9.17, 15) is 9.59 Å². The Labute approximate surface area is 197 Å². The third-order valence-electron chi connectivity index (χ3n) is 5.98. The molecule has 0 saturated carbocycles. The highest BCUT2D eigenvalue weighted by atomic mass is 28.4. The van der Waals surface area contributed by atoms with Crippen LogP contribution in [0.4, 0.5) is 0 Å². The lowest BCUT2D eigenvalue weighted by atomic mass is 10.1. The van der Waals surface area contributed by atoms with E-state index in [2.05, 4.69) is 69.3 Å². The quantitative estimate of drug-likeness (QED) is 0.159. The van der Waals surface area contributed by atoms with E-state index in [4.69, 9.17) is 9.16 Å². The molecule has 0 saturated heterocycles. The van der Waals surface area contributed by atoms with Gasteiger partial charge in [-0.05, 0) is 52.5 Å². The van der Waals surface area contributed by atoms with Crippen LogP contribution >= 0.6 is 0 Å². The summed E-state index contributed by atoms with van der Waals surface area (Å²) in [6, 6.07) is 26.5. The predicted octanol–water partition coefficient (Wildman–Crippen LogP) is 4.81. The highest BCUT2D eigenvalue weighted by molar-refractivity contribution is 6.99. The molecule has 0 heterocycles. The molecule has 0 fully saturated rings. The van der Waals surface area contributed by atoms with Crippen LogP contribution in [0.2, 0.25) is 5.04 Å². The van der Waals surface area contributed by atoms with Gasteiger partial charge in [-0.3, -0.25) is 4.79 Å². The average Bonchev–Trinajstić information content (AvgIpc) is 2.81. The zero-order valence-corrected chi connectivity index (χ0v) is 21.0. The van der Waals surface area contributed by atoms with Crippen molar-refractivity contribution >= 4 is 30.9 Å². The van der Waals surface area contributed by atoms with Gasteiger partial charge in [0.1, 0.15) is 18.0 Å². The number of ether oxygens (including phenoxy) is 1. The summed E-state index contributed by atoms with van der Waals surface area (Å²) in [5.74, 6) is -0.948. The first-order valence-electron chi connectivity index (χ1n) is 11.2. The highest BCUT2D eigenvalue weighted by Gasteiger charge is 2.50. The molecule has 3 rings (SSSR count). The van der Waals surface area contributed by atoms with E-state index < -0.39 is 20.2 Å². The molecule has 172 valence electrons. The lowest BCUT2D eigenvalue weighted by Gasteiger charge is -2.43. The van der Waals surface area contributed by atoms with Crippen molar-refractivity contribution in [3.63, 3.8) is 0 Å². The van der Waals surface area contributed by atoms with Crippen molar-refractivity contribution in [3.8, 4) is 5.75 Å². The average molecular weight is 461 g/mol. The summed E-state index contributed by atoms with van der Waals surface area (Å²) in [6.45, 7) is 10.6. The third-order valence-corrected chi connectivity index (χ3v) is 11.0. The highest BCUT2D eigenvalue weighted by Crippen LogP contribution is 2.37. The first-order valence-corrected chi connectivity index (χ1v) is 13.1. The second kappa shape index (κ2) is 10.3. The molecular formula is C28H32O4Si. The topological polar surface area (TPSA) is 52.6 Å². The van der Waals surface area contributed by atoms with Gasteiger partial charge in [0.25, 0.3) is 8.32 Å². The van der Waals surface area contributed by atoms with E-state index in [1.165, 1.54) is 17.3 Å². The van der Waals surface area contributed by atoms with Gasteiger partial charge in [0.2, 0.25) is 0 Å². The van der Waals surface area contributed by atoms with Crippen LogP contribution in [0.3, 0.4) is 0 Å². The molecule has 1 atom stereocenters. The van der Waals surface area contributed by atoms with Crippen LogP contribution < -0.4 is 15.1 Å². The van der Waals surface area contributed by atoms with Crippen molar-refractivity contribution in [2.24, 2.45) is 5.92 Å². The van der Waals surface area contributed by atoms with Crippen LogP contribution in [0.15, 0.2) is 78.9 Å². The molecule has 0 amide bonds. The fourth-order valence-corrected chi connectivity index (χ4v) is 8.61. The van der Waals surface area contributed by atoms with Gasteiger partial charge in [-0.15, -0.1) is 0 Å². The van der Waals surface area contributed by atoms with Crippen LogP contribution in [0, 0.1) is 12.8 Å². The van der Waals surface area contributed by atoms with E-state index in [1.54, 1.807) is 6.07 Å². The van der Waals surface area contributed by atoms with Crippen LogP contribution in [0.25, 0.3) is 0 Å². The summed E-state index contributed by atoms with van der Waals surface area (Å²) >= 11 is 0. The first kappa shape index (κ1) is 24.6. The molecule has 1 unspecified atom stereocenters. The molecule has 33 heavy (non-hydrogen) atoms. The second-order valence-corrected chi connectivity index (χ2v) is 13.7. The maximum Gasteiger partial charge on any atom is 0.321 e. The number of carbonyl (C=O) groups excluding carboxylic acids is 2. The Bertz CT molecular complexity index is 1050. The molecule has 5 heteroatoms. The zero-order valence-electron chi connectivity index (χ0n) is 20.0. The predicted molar refractivity (Wildman–Crippen MR) is 134 cm³/mol. The smallest absolute Gasteiger partial charge is 0.321 e. The number of aldehydes is 1. The van der Waals surface area contributed by atoms with Crippen LogP contribution in [0.5, 0.6) is 5.75 Å². The Balaban J connectivity index is 2.01. The molecule has 0 aliphatic rings.